The molecule has 0 saturated carbocycles. The van der Waals surface area contributed by atoms with Gasteiger partial charge in [0.15, 0.2) is 0 Å². The fraction of sp³-hybridized carbons (Fsp3) is 0.185. The Kier molecular flexibility index (Phi) is 7.49. The number of nitrogens with two attached hydrogens (primary N) is 1. The van der Waals surface area contributed by atoms with Gasteiger partial charge >= 0.3 is 12.1 Å². The van der Waals surface area contributed by atoms with Gasteiger partial charge in [-0.2, -0.15) is 18.2 Å². The molecule has 2 unspecified atom stereocenters. The Balaban J connectivity index is 1.58. The molecule has 190 valence electrons. The number of aliphatic carboxylic acids is 1. The molecule has 4 aromatic rings. The molecular weight excluding hydrogens is 485 g/mol. The Bertz CT molecular complexity index is 1360. The monoisotopic (exact) mass is 508 g/mol. The summed E-state index contributed by atoms with van der Waals surface area (Å²) in [5.41, 5.74) is 8.76. The Labute approximate surface area is 210 Å². The third-order valence-electron chi connectivity index (χ3n) is 5.60. The van der Waals surface area contributed by atoms with Gasteiger partial charge < -0.3 is 15.6 Å². The van der Waals surface area contributed by atoms with Gasteiger partial charge in [0.05, 0.1) is 5.69 Å². The van der Waals surface area contributed by atoms with Crippen molar-refractivity contribution in [1.82, 2.24) is 15.0 Å². The average Bonchev–Trinajstić information content (AvgIpc) is 2.87. The van der Waals surface area contributed by atoms with Gasteiger partial charge in [-0.15, -0.1) is 0 Å². The molecule has 0 fully saturated rings. The zero-order chi connectivity index (χ0) is 26.6. The highest BCUT2D eigenvalue weighted by Gasteiger charge is 2.43. The normalized spacial score (nSPS) is 13.1. The molecule has 2 aromatic heterocycles. The van der Waals surface area contributed by atoms with Gasteiger partial charge in [0.2, 0.25) is 12.0 Å². The number of carbonyl (C=O) groups is 1. The van der Waals surface area contributed by atoms with E-state index >= 15 is 0 Å². The summed E-state index contributed by atoms with van der Waals surface area (Å²) >= 11 is 0. The molecule has 37 heavy (non-hydrogen) atoms. The largest absolute Gasteiger partial charge is 0.480 e. The summed E-state index contributed by atoms with van der Waals surface area (Å²) in [5, 5.41) is 8.98. The van der Waals surface area contributed by atoms with E-state index in [1.807, 2.05) is 0 Å². The summed E-state index contributed by atoms with van der Waals surface area (Å²) in [6.45, 7) is 1.56. The standard InChI is InChI=1S/C27H23F3N4O3/c1-16-33-23(20-4-2-17(3-5-20)14-22(31)26(35)36)15-24(34-16)37-25(27(28,29)30)21-8-6-18(7-9-21)19-10-12-32-13-11-19/h2-13,15,22,25H,14,31H2,1H3,(H,35,36). The van der Waals surface area contributed by atoms with E-state index in [4.69, 9.17) is 15.6 Å². The Hall–Kier alpha value is -4.31. The molecule has 7 nitrogen and oxygen atoms in total. The lowest BCUT2D eigenvalue weighted by Crippen LogP contribution is -2.32. The van der Waals surface area contributed by atoms with Crippen LogP contribution >= 0.6 is 0 Å². The molecule has 10 heteroatoms. The number of ether oxygens (including phenoxy) is 1. The molecule has 2 heterocycles. The summed E-state index contributed by atoms with van der Waals surface area (Å²) in [6, 6.07) is 16.6. The first-order valence-electron chi connectivity index (χ1n) is 11.3. The number of rotatable bonds is 8. The lowest BCUT2D eigenvalue weighted by atomic mass is 10.0. The highest BCUT2D eigenvalue weighted by atomic mass is 19.4. The number of carboxylic acid groups (broad SMARTS) is 1. The Morgan fingerprint density at radius 1 is 0.946 bits per heavy atom. The average molecular weight is 509 g/mol. The molecule has 2 atom stereocenters. The number of halogens is 3. The maximum Gasteiger partial charge on any atom is 0.429 e. The summed E-state index contributed by atoms with van der Waals surface area (Å²) in [7, 11) is 0. The number of aryl methyl sites for hydroxylation is 1. The third kappa shape index (κ3) is 6.47. The third-order valence-corrected chi connectivity index (χ3v) is 5.60. The second kappa shape index (κ2) is 10.8. The van der Waals surface area contributed by atoms with E-state index in [-0.39, 0.29) is 23.7 Å². The maximum absolute atomic E-state index is 14.0. The second-order valence-electron chi connectivity index (χ2n) is 8.38. The first-order chi connectivity index (χ1) is 17.6. The number of alkyl halides is 3. The molecule has 0 bridgehead atoms. The van der Waals surface area contributed by atoms with Crippen LogP contribution in [0.1, 0.15) is 23.1 Å². The van der Waals surface area contributed by atoms with Crippen LogP contribution in [0.3, 0.4) is 0 Å². The molecule has 0 aliphatic rings. The van der Waals surface area contributed by atoms with Crippen LogP contribution in [0.25, 0.3) is 22.4 Å². The molecule has 2 aromatic carbocycles. The lowest BCUT2D eigenvalue weighted by Gasteiger charge is -2.22. The van der Waals surface area contributed by atoms with Crippen LogP contribution in [-0.4, -0.2) is 38.2 Å². The van der Waals surface area contributed by atoms with E-state index in [0.717, 1.165) is 11.1 Å². The van der Waals surface area contributed by atoms with E-state index in [2.05, 4.69) is 15.0 Å². The summed E-state index contributed by atoms with van der Waals surface area (Å²) in [6.07, 6.45) is -3.57. The number of benzene rings is 2. The minimum Gasteiger partial charge on any atom is -0.480 e. The van der Waals surface area contributed by atoms with Gasteiger partial charge in [-0.3, -0.25) is 9.78 Å². The number of pyridine rings is 1. The van der Waals surface area contributed by atoms with Gasteiger partial charge in [0, 0.05) is 29.6 Å². The van der Waals surface area contributed by atoms with Crippen molar-refractivity contribution in [3.8, 4) is 28.3 Å². The number of hydrogen-bond donors (Lipinski definition) is 2. The van der Waals surface area contributed by atoms with Gasteiger partial charge in [-0.25, -0.2) is 4.98 Å². The van der Waals surface area contributed by atoms with E-state index in [1.54, 1.807) is 67.8 Å². The predicted octanol–water partition coefficient (Wildman–Crippen LogP) is 5.15. The molecule has 0 radical (unpaired) electrons. The summed E-state index contributed by atoms with van der Waals surface area (Å²) < 4.78 is 47.4. The topological polar surface area (TPSA) is 111 Å². The quantitative estimate of drug-likeness (QED) is 0.339. The van der Waals surface area contributed by atoms with Gasteiger partial charge in [0.25, 0.3) is 0 Å². The predicted molar refractivity (Wildman–Crippen MR) is 131 cm³/mol. The number of carboxylic acids is 1. The zero-order valence-corrected chi connectivity index (χ0v) is 19.7. The van der Waals surface area contributed by atoms with Crippen molar-refractivity contribution in [2.45, 2.75) is 31.7 Å². The SMILES string of the molecule is Cc1nc(OC(c2ccc(-c3ccncc3)cc2)C(F)(F)F)cc(-c2ccc(CC(N)C(=O)O)cc2)n1. The van der Waals surface area contributed by atoms with Crippen molar-refractivity contribution in [2.75, 3.05) is 0 Å². The Morgan fingerprint density at radius 2 is 1.54 bits per heavy atom. The van der Waals surface area contributed by atoms with Crippen molar-refractivity contribution in [3.63, 3.8) is 0 Å². The molecule has 0 amide bonds. The number of aromatic nitrogens is 3. The van der Waals surface area contributed by atoms with Crippen molar-refractivity contribution in [2.24, 2.45) is 5.73 Å². The number of nitrogens with zero attached hydrogens (tertiary/aromatic N) is 3. The summed E-state index contributed by atoms with van der Waals surface area (Å²) in [4.78, 5) is 23.3. The first kappa shape index (κ1) is 25.8. The van der Waals surface area contributed by atoms with Crippen molar-refractivity contribution in [3.05, 3.63) is 96.1 Å². The van der Waals surface area contributed by atoms with Crippen LogP contribution in [0, 0.1) is 6.92 Å². The van der Waals surface area contributed by atoms with E-state index in [0.29, 0.717) is 16.8 Å². The highest BCUT2D eigenvalue weighted by Crippen LogP contribution is 2.37. The van der Waals surface area contributed by atoms with Crippen LogP contribution in [0.15, 0.2) is 79.1 Å². The van der Waals surface area contributed by atoms with E-state index in [9.17, 15) is 18.0 Å². The van der Waals surface area contributed by atoms with Crippen LogP contribution < -0.4 is 10.5 Å². The number of hydrogen-bond acceptors (Lipinski definition) is 6. The van der Waals surface area contributed by atoms with Crippen LogP contribution in [0.2, 0.25) is 0 Å². The van der Waals surface area contributed by atoms with E-state index < -0.39 is 24.3 Å². The molecule has 0 saturated heterocycles. The second-order valence-corrected chi connectivity index (χ2v) is 8.38. The molecule has 0 aliphatic carbocycles. The molecule has 0 aliphatic heterocycles. The van der Waals surface area contributed by atoms with Crippen molar-refractivity contribution >= 4 is 5.97 Å². The first-order valence-corrected chi connectivity index (χ1v) is 11.3. The van der Waals surface area contributed by atoms with Gasteiger partial charge in [-0.05, 0) is 42.2 Å². The van der Waals surface area contributed by atoms with E-state index in [1.165, 1.54) is 18.2 Å². The fourth-order valence-electron chi connectivity index (χ4n) is 3.74. The highest BCUT2D eigenvalue weighted by molar-refractivity contribution is 5.73. The van der Waals surface area contributed by atoms with Gasteiger partial charge in [0.1, 0.15) is 11.9 Å². The molecule has 0 spiro atoms. The minimum absolute atomic E-state index is 0.0674. The smallest absolute Gasteiger partial charge is 0.429 e. The Morgan fingerprint density at radius 3 is 2.14 bits per heavy atom. The zero-order valence-electron chi connectivity index (χ0n) is 19.7. The molecule has 3 N–H and O–H groups in total. The van der Waals surface area contributed by atoms with Crippen LogP contribution in [0.5, 0.6) is 5.88 Å². The van der Waals surface area contributed by atoms with Crippen molar-refractivity contribution < 1.29 is 27.8 Å². The van der Waals surface area contributed by atoms with Crippen LogP contribution in [-0.2, 0) is 11.2 Å². The fourth-order valence-corrected chi connectivity index (χ4v) is 3.74. The molecule has 4 rings (SSSR count). The lowest BCUT2D eigenvalue weighted by molar-refractivity contribution is -0.198. The van der Waals surface area contributed by atoms with Crippen molar-refractivity contribution in [1.29, 1.82) is 0 Å². The van der Waals surface area contributed by atoms with Crippen LogP contribution in [0.4, 0.5) is 13.2 Å². The maximum atomic E-state index is 14.0. The molecular formula is C27H23F3N4O3. The summed E-state index contributed by atoms with van der Waals surface area (Å²) in [5.74, 6) is -1.10. The minimum atomic E-state index is -4.69. The van der Waals surface area contributed by atoms with Gasteiger partial charge in [-0.1, -0.05) is 48.5 Å².